The van der Waals surface area contributed by atoms with Crippen LogP contribution in [0.1, 0.15) is 35.9 Å². The maximum atomic E-state index is 11.0. The SMILES string of the molecule is COc1cccc(Nc2nnc(COc3cc(C)c(N=O)cc3C(C)C)s2)c1. The van der Waals surface area contributed by atoms with E-state index >= 15 is 0 Å². The van der Waals surface area contributed by atoms with Gasteiger partial charge in [0.2, 0.25) is 5.13 Å². The summed E-state index contributed by atoms with van der Waals surface area (Å²) in [6.45, 7) is 6.24. The van der Waals surface area contributed by atoms with Crippen molar-refractivity contribution >= 4 is 27.8 Å². The Morgan fingerprint density at radius 1 is 1.21 bits per heavy atom. The van der Waals surface area contributed by atoms with E-state index in [2.05, 4.69) is 20.7 Å². The number of nitrogens with one attached hydrogen (secondary N) is 1. The van der Waals surface area contributed by atoms with E-state index in [1.165, 1.54) is 11.3 Å². The van der Waals surface area contributed by atoms with E-state index in [1.54, 1.807) is 13.2 Å². The number of aryl methyl sites for hydroxylation is 1. The summed E-state index contributed by atoms with van der Waals surface area (Å²) in [5.74, 6) is 1.70. The summed E-state index contributed by atoms with van der Waals surface area (Å²) in [6.07, 6.45) is 0. The van der Waals surface area contributed by atoms with Gasteiger partial charge < -0.3 is 14.8 Å². The Morgan fingerprint density at radius 3 is 2.75 bits per heavy atom. The van der Waals surface area contributed by atoms with Crippen LogP contribution < -0.4 is 14.8 Å². The largest absolute Gasteiger partial charge is 0.497 e. The van der Waals surface area contributed by atoms with Crippen LogP contribution in [0.3, 0.4) is 0 Å². The maximum Gasteiger partial charge on any atom is 0.210 e. The molecule has 1 N–H and O–H groups in total. The van der Waals surface area contributed by atoms with Crippen LogP contribution in [0.5, 0.6) is 11.5 Å². The van der Waals surface area contributed by atoms with Gasteiger partial charge in [0.1, 0.15) is 23.8 Å². The fraction of sp³-hybridized carbons (Fsp3) is 0.300. The fourth-order valence-corrected chi connectivity index (χ4v) is 3.36. The number of benzene rings is 2. The van der Waals surface area contributed by atoms with E-state index < -0.39 is 0 Å². The molecule has 0 unspecified atom stereocenters. The van der Waals surface area contributed by atoms with Gasteiger partial charge in [0.25, 0.3) is 0 Å². The number of methoxy groups -OCH3 is 1. The van der Waals surface area contributed by atoms with E-state index in [0.29, 0.717) is 17.4 Å². The zero-order valence-electron chi connectivity index (χ0n) is 16.2. The van der Waals surface area contributed by atoms with Gasteiger partial charge in [-0.1, -0.05) is 31.3 Å². The van der Waals surface area contributed by atoms with Crippen LogP contribution >= 0.6 is 11.3 Å². The second-order valence-electron chi connectivity index (χ2n) is 6.57. The van der Waals surface area contributed by atoms with Crippen molar-refractivity contribution in [3.05, 3.63) is 57.4 Å². The lowest BCUT2D eigenvalue weighted by atomic mass is 9.99. The van der Waals surface area contributed by atoms with Crippen molar-refractivity contribution in [3.8, 4) is 11.5 Å². The topological polar surface area (TPSA) is 85.7 Å². The lowest BCUT2D eigenvalue weighted by Crippen LogP contribution is -2.00. The van der Waals surface area contributed by atoms with Gasteiger partial charge in [-0.2, -0.15) is 0 Å². The third kappa shape index (κ3) is 4.64. The highest BCUT2D eigenvalue weighted by atomic mass is 32.1. The standard InChI is InChI=1S/C20H22N4O3S/c1-12(2)16-10-17(24-25)13(3)8-18(16)27-11-19-22-23-20(28-19)21-14-6-5-7-15(9-14)26-4/h5-10,12H,11H2,1-4H3,(H,21,23). The zero-order valence-corrected chi connectivity index (χ0v) is 17.0. The summed E-state index contributed by atoms with van der Waals surface area (Å²) >= 11 is 1.42. The Labute approximate surface area is 167 Å². The van der Waals surface area contributed by atoms with Crippen LogP contribution in [-0.4, -0.2) is 17.3 Å². The smallest absolute Gasteiger partial charge is 0.210 e. The molecule has 28 heavy (non-hydrogen) atoms. The predicted octanol–water partition coefficient (Wildman–Crippen LogP) is 5.70. The Hall–Kier alpha value is -3.00. The summed E-state index contributed by atoms with van der Waals surface area (Å²) in [5.41, 5.74) is 3.04. The molecule has 7 nitrogen and oxygen atoms in total. The minimum atomic E-state index is 0.204. The number of hydrogen-bond donors (Lipinski definition) is 1. The third-order valence-corrected chi connectivity index (χ3v) is 5.00. The van der Waals surface area contributed by atoms with Crippen LogP contribution in [-0.2, 0) is 6.61 Å². The van der Waals surface area contributed by atoms with Gasteiger partial charge in [-0.15, -0.1) is 15.1 Å². The maximum absolute atomic E-state index is 11.0. The average molecular weight is 398 g/mol. The number of rotatable bonds is 8. The number of nitrogens with zero attached hydrogens (tertiary/aromatic N) is 3. The van der Waals surface area contributed by atoms with Crippen LogP contribution in [0.25, 0.3) is 0 Å². The minimum Gasteiger partial charge on any atom is -0.497 e. The summed E-state index contributed by atoms with van der Waals surface area (Å²) in [5, 5.41) is 16.1. The van der Waals surface area contributed by atoms with Crippen LogP contribution in [0, 0.1) is 11.8 Å². The highest BCUT2D eigenvalue weighted by molar-refractivity contribution is 7.15. The Morgan fingerprint density at radius 2 is 2.04 bits per heavy atom. The first-order valence-corrected chi connectivity index (χ1v) is 9.66. The number of hydrogen-bond acceptors (Lipinski definition) is 8. The van der Waals surface area contributed by atoms with Crippen LogP contribution in [0.4, 0.5) is 16.5 Å². The molecule has 1 heterocycles. The van der Waals surface area contributed by atoms with Crippen molar-refractivity contribution in [2.24, 2.45) is 5.18 Å². The number of aromatic nitrogens is 2. The molecule has 0 saturated carbocycles. The fourth-order valence-electron chi connectivity index (χ4n) is 2.69. The van der Waals surface area contributed by atoms with Gasteiger partial charge >= 0.3 is 0 Å². The average Bonchev–Trinajstić information content (AvgIpc) is 3.13. The number of nitroso groups, excluding NO2 is 1. The minimum absolute atomic E-state index is 0.204. The molecule has 3 rings (SSSR count). The normalized spacial score (nSPS) is 10.8. The Balaban J connectivity index is 1.70. The molecule has 3 aromatic rings. The van der Waals surface area contributed by atoms with E-state index in [4.69, 9.17) is 9.47 Å². The van der Waals surface area contributed by atoms with Gasteiger partial charge in [0.05, 0.1) is 7.11 Å². The Kier molecular flexibility index (Phi) is 6.20. The van der Waals surface area contributed by atoms with Gasteiger partial charge in [0.15, 0.2) is 5.01 Å². The molecule has 0 fully saturated rings. The van der Waals surface area contributed by atoms with Gasteiger partial charge in [-0.25, -0.2) is 0 Å². The molecule has 0 spiro atoms. The van der Waals surface area contributed by atoms with Gasteiger partial charge in [-0.05, 0) is 53.4 Å². The molecule has 0 atom stereocenters. The third-order valence-electron chi connectivity index (χ3n) is 4.19. The summed E-state index contributed by atoms with van der Waals surface area (Å²) < 4.78 is 11.2. The molecule has 146 valence electrons. The van der Waals surface area contributed by atoms with Crippen LogP contribution in [0.15, 0.2) is 41.6 Å². The lowest BCUT2D eigenvalue weighted by molar-refractivity contribution is 0.300. The van der Waals surface area contributed by atoms with Crippen molar-refractivity contribution in [3.63, 3.8) is 0 Å². The molecule has 0 radical (unpaired) electrons. The molecular weight excluding hydrogens is 376 g/mol. The van der Waals surface area contributed by atoms with Crippen LogP contribution in [0.2, 0.25) is 0 Å². The van der Waals surface area contributed by atoms with Crippen molar-refractivity contribution in [2.75, 3.05) is 12.4 Å². The number of anilines is 2. The van der Waals surface area contributed by atoms with Crippen molar-refractivity contribution in [1.82, 2.24) is 10.2 Å². The van der Waals surface area contributed by atoms with Gasteiger partial charge in [0, 0.05) is 11.8 Å². The zero-order chi connectivity index (χ0) is 20.1. The van der Waals surface area contributed by atoms with Gasteiger partial charge in [-0.3, -0.25) is 0 Å². The monoisotopic (exact) mass is 398 g/mol. The summed E-state index contributed by atoms with van der Waals surface area (Å²) in [6, 6.07) is 11.2. The molecular formula is C20H22N4O3S. The van der Waals surface area contributed by atoms with E-state index in [9.17, 15) is 4.91 Å². The summed E-state index contributed by atoms with van der Waals surface area (Å²) in [7, 11) is 1.63. The second-order valence-corrected chi connectivity index (χ2v) is 7.63. The molecule has 2 aromatic carbocycles. The van der Waals surface area contributed by atoms with E-state index in [0.717, 1.165) is 33.3 Å². The molecule has 0 aliphatic rings. The Bertz CT molecular complexity index is 972. The molecule has 0 aliphatic heterocycles. The highest BCUT2D eigenvalue weighted by Gasteiger charge is 2.14. The molecule has 1 aromatic heterocycles. The van der Waals surface area contributed by atoms with Crippen molar-refractivity contribution in [2.45, 2.75) is 33.3 Å². The highest BCUT2D eigenvalue weighted by Crippen LogP contribution is 2.34. The molecule has 0 bridgehead atoms. The van der Waals surface area contributed by atoms with Crippen molar-refractivity contribution in [1.29, 1.82) is 0 Å². The van der Waals surface area contributed by atoms with E-state index in [-0.39, 0.29) is 5.92 Å². The predicted molar refractivity (Wildman–Crippen MR) is 111 cm³/mol. The van der Waals surface area contributed by atoms with Crippen molar-refractivity contribution < 1.29 is 9.47 Å². The van der Waals surface area contributed by atoms with E-state index in [1.807, 2.05) is 51.1 Å². The first kappa shape index (κ1) is 19.8. The molecule has 0 aliphatic carbocycles. The molecule has 0 amide bonds. The lowest BCUT2D eigenvalue weighted by Gasteiger charge is -2.15. The summed E-state index contributed by atoms with van der Waals surface area (Å²) in [4.78, 5) is 11.0. The quantitative estimate of drug-likeness (QED) is 0.490. The first-order valence-electron chi connectivity index (χ1n) is 8.84. The molecule has 8 heteroatoms. The second kappa shape index (κ2) is 8.79. The number of ether oxygens (including phenoxy) is 2. The molecule has 0 saturated heterocycles. The first-order chi connectivity index (χ1) is 13.5.